The number of aliphatic hydroxyl groups is 1. The molecule has 0 aliphatic rings. The predicted molar refractivity (Wildman–Crippen MR) is 74.5 cm³/mol. The van der Waals surface area contributed by atoms with Crippen molar-refractivity contribution in [2.75, 3.05) is 6.61 Å². The summed E-state index contributed by atoms with van der Waals surface area (Å²) in [5, 5.41) is 20.4. The fourth-order valence-electron chi connectivity index (χ4n) is 1.68. The average Bonchev–Trinajstić information content (AvgIpc) is 2.98. The molecule has 0 spiro atoms. The minimum absolute atomic E-state index is 0.116. The summed E-state index contributed by atoms with van der Waals surface area (Å²) in [5.41, 5.74) is -0.358. The fraction of sp³-hybridized carbons (Fsp3) is 0.250. The quantitative estimate of drug-likeness (QED) is 0.447. The SMILES string of the molecule is O=[N+]([O-])c1cccc(S(=O)(=O)OC[C@H](O)Cn2ccnc2)c1. The first kappa shape index (κ1) is 16.1. The van der Waals surface area contributed by atoms with Crippen LogP contribution in [-0.4, -0.2) is 40.7 Å². The Labute approximate surface area is 126 Å². The van der Waals surface area contributed by atoms with Gasteiger partial charge in [-0.15, -0.1) is 0 Å². The van der Waals surface area contributed by atoms with Gasteiger partial charge >= 0.3 is 0 Å². The van der Waals surface area contributed by atoms with E-state index >= 15 is 0 Å². The molecule has 118 valence electrons. The molecule has 0 radical (unpaired) electrons. The second kappa shape index (κ2) is 6.64. The molecule has 2 rings (SSSR count). The molecule has 0 amide bonds. The van der Waals surface area contributed by atoms with Crippen LogP contribution in [0.15, 0.2) is 47.9 Å². The van der Waals surface area contributed by atoms with Crippen LogP contribution >= 0.6 is 0 Å². The molecule has 0 bridgehead atoms. The van der Waals surface area contributed by atoms with Crippen molar-refractivity contribution in [3.8, 4) is 0 Å². The first-order valence-corrected chi connectivity index (χ1v) is 7.57. The maximum Gasteiger partial charge on any atom is 0.297 e. The van der Waals surface area contributed by atoms with E-state index in [2.05, 4.69) is 4.98 Å². The zero-order valence-electron chi connectivity index (χ0n) is 11.3. The van der Waals surface area contributed by atoms with Crippen LogP contribution in [0.25, 0.3) is 0 Å². The molecule has 0 aliphatic heterocycles. The minimum atomic E-state index is -4.18. The van der Waals surface area contributed by atoms with Crippen LogP contribution < -0.4 is 0 Å². The second-order valence-electron chi connectivity index (χ2n) is 4.41. The van der Waals surface area contributed by atoms with E-state index in [1.54, 1.807) is 10.8 Å². The van der Waals surface area contributed by atoms with Gasteiger partial charge in [0.15, 0.2) is 0 Å². The smallest absolute Gasteiger partial charge is 0.297 e. The maximum atomic E-state index is 11.9. The molecule has 9 nitrogen and oxygen atoms in total. The molecular formula is C12H13N3O6S. The second-order valence-corrected chi connectivity index (χ2v) is 6.02. The van der Waals surface area contributed by atoms with Crippen LogP contribution in [0, 0.1) is 10.1 Å². The van der Waals surface area contributed by atoms with E-state index in [4.69, 9.17) is 4.18 Å². The van der Waals surface area contributed by atoms with Gasteiger partial charge in [0.05, 0.1) is 30.5 Å². The molecule has 1 aromatic carbocycles. The Morgan fingerprint density at radius 3 is 2.86 bits per heavy atom. The number of hydrogen-bond donors (Lipinski definition) is 1. The van der Waals surface area contributed by atoms with Crippen LogP contribution in [0.4, 0.5) is 5.69 Å². The van der Waals surface area contributed by atoms with Gasteiger partial charge in [0.2, 0.25) is 0 Å². The third-order valence-corrected chi connectivity index (χ3v) is 3.99. The number of nitrogens with zero attached hydrogens (tertiary/aromatic N) is 3. The molecule has 0 unspecified atom stereocenters. The number of aromatic nitrogens is 2. The van der Waals surface area contributed by atoms with E-state index in [0.29, 0.717) is 0 Å². The number of benzene rings is 1. The lowest BCUT2D eigenvalue weighted by Gasteiger charge is -2.11. The Balaban J connectivity index is 2.01. The summed E-state index contributed by atoms with van der Waals surface area (Å²) in [7, 11) is -4.18. The molecule has 0 aliphatic carbocycles. The lowest BCUT2D eigenvalue weighted by molar-refractivity contribution is -0.385. The highest BCUT2D eigenvalue weighted by Crippen LogP contribution is 2.19. The van der Waals surface area contributed by atoms with Crippen LogP contribution in [0.5, 0.6) is 0 Å². The highest BCUT2D eigenvalue weighted by Gasteiger charge is 2.20. The molecular weight excluding hydrogens is 314 g/mol. The van der Waals surface area contributed by atoms with Gasteiger partial charge < -0.3 is 9.67 Å². The summed E-state index contributed by atoms with van der Waals surface area (Å²) >= 11 is 0. The van der Waals surface area contributed by atoms with Gasteiger partial charge in [-0.3, -0.25) is 14.3 Å². The van der Waals surface area contributed by atoms with Gasteiger partial charge in [-0.05, 0) is 6.07 Å². The van der Waals surface area contributed by atoms with Crippen molar-refractivity contribution in [1.82, 2.24) is 9.55 Å². The van der Waals surface area contributed by atoms with E-state index < -0.39 is 27.8 Å². The lowest BCUT2D eigenvalue weighted by Crippen LogP contribution is -2.23. The van der Waals surface area contributed by atoms with Crippen molar-refractivity contribution in [3.05, 3.63) is 53.1 Å². The molecule has 0 saturated heterocycles. The molecule has 0 fully saturated rings. The maximum absolute atomic E-state index is 11.9. The van der Waals surface area contributed by atoms with Crippen molar-refractivity contribution in [3.63, 3.8) is 0 Å². The van der Waals surface area contributed by atoms with Crippen LogP contribution in [0.1, 0.15) is 0 Å². The Bertz CT molecular complexity index is 744. The van der Waals surface area contributed by atoms with Crippen LogP contribution in [0.3, 0.4) is 0 Å². The summed E-state index contributed by atoms with van der Waals surface area (Å²) in [6.07, 6.45) is 3.53. The van der Waals surface area contributed by atoms with Crippen molar-refractivity contribution in [2.24, 2.45) is 0 Å². The minimum Gasteiger partial charge on any atom is -0.389 e. The zero-order valence-corrected chi connectivity index (χ0v) is 12.1. The van der Waals surface area contributed by atoms with Gasteiger partial charge in [0, 0.05) is 24.5 Å². The molecule has 22 heavy (non-hydrogen) atoms. The third-order valence-electron chi connectivity index (χ3n) is 2.71. The number of imidazole rings is 1. The molecule has 1 aromatic heterocycles. The fourth-order valence-corrected chi connectivity index (χ4v) is 2.66. The molecule has 1 atom stereocenters. The Morgan fingerprint density at radius 1 is 1.45 bits per heavy atom. The first-order valence-electron chi connectivity index (χ1n) is 6.16. The molecule has 2 aromatic rings. The summed E-state index contributed by atoms with van der Waals surface area (Å²) < 4.78 is 30.2. The van der Waals surface area contributed by atoms with E-state index in [1.165, 1.54) is 30.7 Å². The number of nitro groups is 1. The summed E-state index contributed by atoms with van der Waals surface area (Å²) in [6, 6.07) is 4.51. The third kappa shape index (κ3) is 4.10. The predicted octanol–water partition coefficient (Wildman–Crippen LogP) is 0.558. The van der Waals surface area contributed by atoms with Crippen LogP contribution in [0.2, 0.25) is 0 Å². The van der Waals surface area contributed by atoms with Crippen LogP contribution in [-0.2, 0) is 20.8 Å². The number of hydrogen-bond acceptors (Lipinski definition) is 7. The van der Waals surface area contributed by atoms with Crippen molar-refractivity contribution < 1.29 is 22.6 Å². The van der Waals surface area contributed by atoms with Gasteiger partial charge in [-0.25, -0.2) is 4.98 Å². The van der Waals surface area contributed by atoms with Crippen molar-refractivity contribution >= 4 is 15.8 Å². The Morgan fingerprint density at radius 2 is 2.23 bits per heavy atom. The lowest BCUT2D eigenvalue weighted by atomic mass is 10.3. The highest BCUT2D eigenvalue weighted by molar-refractivity contribution is 7.86. The van der Waals surface area contributed by atoms with E-state index in [9.17, 15) is 23.6 Å². The summed E-state index contributed by atoms with van der Waals surface area (Å²) in [4.78, 5) is 13.4. The standard InChI is InChI=1S/C12H13N3O6S/c16-11(7-14-5-4-13-9-14)8-21-22(19,20)12-3-1-2-10(6-12)15(17)18/h1-6,9,11,16H,7-8H2/t11-/m1/s1. The largest absolute Gasteiger partial charge is 0.389 e. The number of non-ortho nitro benzene ring substituents is 1. The first-order chi connectivity index (χ1) is 10.4. The van der Waals surface area contributed by atoms with E-state index in [-0.39, 0.29) is 17.1 Å². The van der Waals surface area contributed by atoms with E-state index in [0.717, 1.165) is 6.07 Å². The van der Waals surface area contributed by atoms with Gasteiger partial charge in [-0.1, -0.05) is 6.07 Å². The highest BCUT2D eigenvalue weighted by atomic mass is 32.2. The molecule has 0 saturated carbocycles. The molecule has 10 heteroatoms. The normalized spacial score (nSPS) is 13.0. The average molecular weight is 327 g/mol. The number of aliphatic hydroxyl groups excluding tert-OH is 1. The van der Waals surface area contributed by atoms with Gasteiger partial charge in [0.1, 0.15) is 4.90 Å². The zero-order chi connectivity index (χ0) is 16.2. The Kier molecular flexibility index (Phi) is 4.85. The van der Waals surface area contributed by atoms with Gasteiger partial charge in [-0.2, -0.15) is 8.42 Å². The van der Waals surface area contributed by atoms with E-state index in [1.807, 2.05) is 0 Å². The van der Waals surface area contributed by atoms with Crippen molar-refractivity contribution in [2.45, 2.75) is 17.5 Å². The number of nitro benzene ring substituents is 1. The van der Waals surface area contributed by atoms with Gasteiger partial charge in [0.25, 0.3) is 15.8 Å². The monoisotopic (exact) mass is 327 g/mol. The molecule has 1 N–H and O–H groups in total. The molecule has 1 heterocycles. The Hall–Kier alpha value is -2.30. The van der Waals surface area contributed by atoms with Crippen molar-refractivity contribution in [1.29, 1.82) is 0 Å². The topological polar surface area (TPSA) is 125 Å². The summed E-state index contributed by atoms with van der Waals surface area (Å²) in [5.74, 6) is 0. The summed E-state index contributed by atoms with van der Waals surface area (Å²) in [6.45, 7) is -0.354. The number of rotatable bonds is 7.